The minimum absolute atomic E-state index is 0.113. The van der Waals surface area contributed by atoms with Gasteiger partial charge in [0.25, 0.3) is 0 Å². The Kier molecular flexibility index (Phi) is 7.54. The zero-order valence-electron chi connectivity index (χ0n) is 18.2. The number of carbonyl (C=O) groups is 1. The van der Waals surface area contributed by atoms with Gasteiger partial charge in [0, 0.05) is 31.5 Å². The van der Waals surface area contributed by atoms with Crippen molar-refractivity contribution in [2.75, 3.05) is 33.3 Å². The number of hydrogen-bond donors (Lipinski definition) is 0. The lowest BCUT2D eigenvalue weighted by molar-refractivity contribution is -0.133. The lowest BCUT2D eigenvalue weighted by Crippen LogP contribution is -2.40. The van der Waals surface area contributed by atoms with Gasteiger partial charge in [0.1, 0.15) is 0 Å². The first-order valence-corrected chi connectivity index (χ1v) is 12.4. The molecule has 2 atom stereocenters. The average molecular weight is 441 g/mol. The molecule has 0 radical (unpaired) electrons. The highest BCUT2D eigenvalue weighted by molar-refractivity contribution is 7.85. The lowest BCUT2D eigenvalue weighted by atomic mass is 9.90. The summed E-state index contributed by atoms with van der Waals surface area (Å²) in [6.07, 6.45) is 4.01. The second-order valence-corrected chi connectivity index (χ2v) is 10.1. The Morgan fingerprint density at radius 2 is 1.77 bits per heavy atom. The van der Waals surface area contributed by atoms with Gasteiger partial charge < -0.3 is 14.5 Å². The van der Waals surface area contributed by atoms with E-state index in [0.29, 0.717) is 19.5 Å². The van der Waals surface area contributed by atoms with Gasteiger partial charge in [0.2, 0.25) is 5.91 Å². The van der Waals surface area contributed by atoms with Crippen molar-refractivity contribution >= 4 is 16.7 Å². The molecule has 0 spiro atoms. The van der Waals surface area contributed by atoms with E-state index in [-0.39, 0.29) is 5.91 Å². The van der Waals surface area contributed by atoms with Crippen LogP contribution < -0.4 is 0 Å². The molecular weight excluding hydrogens is 408 g/mol. The summed E-state index contributed by atoms with van der Waals surface area (Å²) in [4.78, 5) is 18.0. The largest absolute Gasteiger partial charge is 0.366 e. The van der Waals surface area contributed by atoms with Gasteiger partial charge >= 0.3 is 0 Å². The van der Waals surface area contributed by atoms with E-state index in [0.717, 1.165) is 42.4 Å². The molecule has 1 fully saturated rings. The molecule has 2 aliphatic rings. The molecule has 4 rings (SSSR count). The van der Waals surface area contributed by atoms with Crippen molar-refractivity contribution in [3.8, 4) is 0 Å². The summed E-state index contributed by atoms with van der Waals surface area (Å²) in [5, 5.41) is 0. The minimum atomic E-state index is -1.26. The van der Waals surface area contributed by atoms with E-state index in [1.165, 1.54) is 18.4 Å². The fourth-order valence-electron chi connectivity index (χ4n) is 4.62. The fraction of sp³-hybridized carbons (Fsp3) is 0.480. The van der Waals surface area contributed by atoms with E-state index in [2.05, 4.69) is 35.2 Å². The molecule has 2 aromatic carbocycles. The fourth-order valence-corrected chi connectivity index (χ4v) is 5.99. The third kappa shape index (κ3) is 5.62. The van der Waals surface area contributed by atoms with Gasteiger partial charge in [-0.25, -0.2) is 0 Å². The normalized spacial score (nSPS) is 22.7. The monoisotopic (exact) mass is 440 g/mol. The second kappa shape index (κ2) is 10.5. The van der Waals surface area contributed by atoms with E-state index in [1.807, 2.05) is 29.2 Å². The van der Waals surface area contributed by atoms with Crippen LogP contribution in [0.25, 0.3) is 0 Å². The Balaban J connectivity index is 1.28. The maximum Gasteiger partial charge on any atom is 0.224 e. The predicted octanol–water partition coefficient (Wildman–Crippen LogP) is 3.45. The Hall–Kier alpha value is -2.02. The number of piperidine rings is 1. The van der Waals surface area contributed by atoms with Crippen molar-refractivity contribution < 1.29 is 13.7 Å². The standard InChI is InChI=1S/C25H32N2O3S/c1-30-25-19-27(18-22-9-5-6-10-23(22)31(25)29)24(28)13-16-26-14-11-21(12-15-26)17-20-7-3-2-4-8-20/h2-10,21,25H,11-19H2,1H3. The second-order valence-electron chi connectivity index (χ2n) is 8.57. The van der Waals surface area contributed by atoms with Gasteiger partial charge in [-0.15, -0.1) is 0 Å². The van der Waals surface area contributed by atoms with Crippen LogP contribution in [0.5, 0.6) is 0 Å². The first-order chi connectivity index (χ1) is 15.1. The highest BCUT2D eigenvalue weighted by Crippen LogP contribution is 2.25. The van der Waals surface area contributed by atoms with E-state index in [1.54, 1.807) is 7.11 Å². The number of methoxy groups -OCH3 is 1. The Labute approximate surface area is 187 Å². The van der Waals surface area contributed by atoms with Crippen LogP contribution in [0.2, 0.25) is 0 Å². The molecule has 1 saturated heterocycles. The number of carbonyl (C=O) groups excluding carboxylic acids is 1. The van der Waals surface area contributed by atoms with E-state index in [9.17, 15) is 9.00 Å². The van der Waals surface area contributed by atoms with Crippen molar-refractivity contribution in [2.24, 2.45) is 5.92 Å². The van der Waals surface area contributed by atoms with Gasteiger partial charge in [-0.3, -0.25) is 9.00 Å². The Morgan fingerprint density at radius 3 is 2.52 bits per heavy atom. The van der Waals surface area contributed by atoms with E-state index in [4.69, 9.17) is 4.74 Å². The summed E-state index contributed by atoms with van der Waals surface area (Å²) >= 11 is 0. The number of ether oxygens (including phenoxy) is 1. The van der Waals surface area contributed by atoms with Crippen molar-refractivity contribution in [3.05, 3.63) is 65.7 Å². The van der Waals surface area contributed by atoms with E-state index < -0.39 is 16.2 Å². The Bertz CT molecular complexity index is 897. The molecule has 0 aliphatic carbocycles. The average Bonchev–Trinajstić information content (AvgIpc) is 2.95. The third-order valence-corrected chi connectivity index (χ3v) is 8.14. The van der Waals surface area contributed by atoms with Gasteiger partial charge in [0.15, 0.2) is 5.44 Å². The first-order valence-electron chi connectivity index (χ1n) is 11.2. The van der Waals surface area contributed by atoms with Crippen LogP contribution in [0.15, 0.2) is 59.5 Å². The summed E-state index contributed by atoms with van der Waals surface area (Å²) < 4.78 is 18.3. The maximum absolute atomic E-state index is 13.0. The molecule has 0 saturated carbocycles. The molecule has 0 N–H and O–H groups in total. The molecule has 2 heterocycles. The SMILES string of the molecule is COC1CN(C(=O)CCN2CCC(Cc3ccccc3)CC2)Cc2ccccc2S1=O. The van der Waals surface area contributed by atoms with Gasteiger partial charge in [-0.05, 0) is 55.5 Å². The number of likely N-dealkylation sites (tertiary alicyclic amines) is 1. The summed E-state index contributed by atoms with van der Waals surface area (Å²) in [7, 11) is 0.305. The molecule has 31 heavy (non-hydrogen) atoms. The van der Waals surface area contributed by atoms with Crippen LogP contribution >= 0.6 is 0 Å². The number of amides is 1. The van der Waals surface area contributed by atoms with Gasteiger partial charge in [-0.2, -0.15) is 0 Å². The molecule has 6 heteroatoms. The van der Waals surface area contributed by atoms with E-state index >= 15 is 0 Å². The van der Waals surface area contributed by atoms with Crippen LogP contribution in [0.1, 0.15) is 30.4 Å². The molecule has 2 aromatic rings. The zero-order chi connectivity index (χ0) is 21.6. The number of nitrogens with zero attached hydrogens (tertiary/aromatic N) is 2. The van der Waals surface area contributed by atoms with Crippen molar-refractivity contribution in [2.45, 2.75) is 42.6 Å². The van der Waals surface area contributed by atoms with Crippen molar-refractivity contribution in [3.63, 3.8) is 0 Å². The molecule has 0 bridgehead atoms. The van der Waals surface area contributed by atoms with Gasteiger partial charge in [0.05, 0.1) is 17.3 Å². The summed E-state index contributed by atoms with van der Waals surface area (Å²) in [5.74, 6) is 0.844. The molecular formula is C25H32N2O3S. The third-order valence-electron chi connectivity index (χ3n) is 6.49. The summed E-state index contributed by atoms with van der Waals surface area (Å²) in [6, 6.07) is 18.4. The minimum Gasteiger partial charge on any atom is -0.366 e. The smallest absolute Gasteiger partial charge is 0.224 e. The molecule has 2 aliphatic heterocycles. The van der Waals surface area contributed by atoms with Crippen molar-refractivity contribution in [1.29, 1.82) is 0 Å². The summed E-state index contributed by atoms with van der Waals surface area (Å²) in [6.45, 7) is 3.77. The van der Waals surface area contributed by atoms with Crippen LogP contribution in [-0.2, 0) is 33.3 Å². The molecule has 166 valence electrons. The van der Waals surface area contributed by atoms with Crippen LogP contribution in [0.4, 0.5) is 0 Å². The molecule has 1 amide bonds. The van der Waals surface area contributed by atoms with Crippen LogP contribution in [0.3, 0.4) is 0 Å². The number of fused-ring (bicyclic) bond motifs is 1. The zero-order valence-corrected chi connectivity index (χ0v) is 19.1. The highest BCUT2D eigenvalue weighted by Gasteiger charge is 2.30. The lowest BCUT2D eigenvalue weighted by Gasteiger charge is -2.32. The topological polar surface area (TPSA) is 49.9 Å². The predicted molar refractivity (Wildman–Crippen MR) is 123 cm³/mol. The van der Waals surface area contributed by atoms with Crippen LogP contribution in [-0.4, -0.2) is 58.6 Å². The highest BCUT2D eigenvalue weighted by atomic mass is 32.2. The molecule has 0 aromatic heterocycles. The van der Waals surface area contributed by atoms with Gasteiger partial charge in [-0.1, -0.05) is 48.5 Å². The Morgan fingerprint density at radius 1 is 1.06 bits per heavy atom. The molecule has 2 unspecified atom stereocenters. The quantitative estimate of drug-likeness (QED) is 0.690. The molecule has 5 nitrogen and oxygen atoms in total. The number of hydrogen-bond acceptors (Lipinski definition) is 4. The maximum atomic E-state index is 13.0. The van der Waals surface area contributed by atoms with Crippen LogP contribution in [0, 0.1) is 5.92 Å². The summed E-state index contributed by atoms with van der Waals surface area (Å²) in [5.41, 5.74) is 1.89. The number of rotatable bonds is 6. The first kappa shape index (κ1) is 22.2. The van der Waals surface area contributed by atoms with Crippen molar-refractivity contribution in [1.82, 2.24) is 9.80 Å². The number of benzene rings is 2.